The third-order valence-corrected chi connectivity index (χ3v) is 3.41. The summed E-state index contributed by atoms with van der Waals surface area (Å²) in [6.45, 7) is 2.80. The first-order valence-electron chi connectivity index (χ1n) is 7.23. The Morgan fingerprint density at radius 1 is 1.05 bits per heavy atom. The Labute approximate surface area is 121 Å². The summed E-state index contributed by atoms with van der Waals surface area (Å²) in [5, 5.41) is 3.66. The predicted octanol–water partition coefficient (Wildman–Crippen LogP) is 4.71. The number of carbonyl (C=O) groups is 1. The molecule has 3 heteroatoms. The molecule has 19 heavy (non-hydrogen) atoms. The number of rotatable bonds is 9. The summed E-state index contributed by atoms with van der Waals surface area (Å²) in [6, 6.07) is 7.56. The van der Waals surface area contributed by atoms with Gasteiger partial charge in [-0.2, -0.15) is 0 Å². The van der Waals surface area contributed by atoms with Crippen LogP contribution in [0.5, 0.6) is 0 Å². The Morgan fingerprint density at radius 3 is 2.37 bits per heavy atom. The molecule has 1 aromatic rings. The normalized spacial score (nSPS) is 10.4. The molecule has 0 spiro atoms. The quantitative estimate of drug-likeness (QED) is 0.653. The second kappa shape index (κ2) is 9.85. The highest BCUT2D eigenvalue weighted by Gasteiger charge is 2.01. The number of carbonyl (C=O) groups excluding carboxylic acids is 1. The van der Waals surface area contributed by atoms with Crippen LogP contribution in [0, 0.1) is 0 Å². The van der Waals surface area contributed by atoms with Gasteiger partial charge < -0.3 is 5.32 Å². The molecule has 0 unspecified atom stereocenters. The highest BCUT2D eigenvalue weighted by atomic mass is 35.5. The smallest absolute Gasteiger partial charge is 0.220 e. The summed E-state index contributed by atoms with van der Waals surface area (Å²) < 4.78 is 0. The van der Waals surface area contributed by atoms with E-state index in [2.05, 4.69) is 12.2 Å². The van der Waals surface area contributed by atoms with Gasteiger partial charge in [0.2, 0.25) is 5.91 Å². The largest absolute Gasteiger partial charge is 0.352 e. The van der Waals surface area contributed by atoms with Gasteiger partial charge in [-0.3, -0.25) is 4.79 Å². The molecule has 1 N–H and O–H groups in total. The van der Waals surface area contributed by atoms with Gasteiger partial charge >= 0.3 is 0 Å². The molecule has 0 aromatic heterocycles. The molecule has 0 saturated carbocycles. The molecule has 0 fully saturated rings. The highest BCUT2D eigenvalue weighted by Crippen LogP contribution is 2.10. The zero-order valence-corrected chi connectivity index (χ0v) is 12.5. The molecule has 0 saturated heterocycles. The first kappa shape index (κ1) is 16.0. The molecule has 0 heterocycles. The molecule has 0 bridgehead atoms. The van der Waals surface area contributed by atoms with Crippen LogP contribution >= 0.6 is 11.6 Å². The number of hydrogen-bond donors (Lipinski definition) is 1. The van der Waals surface area contributed by atoms with E-state index < -0.39 is 0 Å². The molecule has 0 aliphatic rings. The zero-order valence-electron chi connectivity index (χ0n) is 11.8. The molecule has 0 atom stereocenters. The Morgan fingerprint density at radius 2 is 1.68 bits per heavy atom. The van der Waals surface area contributed by atoms with Gasteiger partial charge in [0.05, 0.1) is 0 Å². The summed E-state index contributed by atoms with van der Waals surface area (Å²) in [5.74, 6) is 0.144. The van der Waals surface area contributed by atoms with Crippen LogP contribution in [0.1, 0.15) is 57.4 Å². The first-order chi connectivity index (χ1) is 9.22. The van der Waals surface area contributed by atoms with E-state index in [1.165, 1.54) is 25.7 Å². The van der Waals surface area contributed by atoms with Crippen molar-refractivity contribution in [2.24, 2.45) is 0 Å². The second-order valence-corrected chi connectivity index (χ2v) is 5.36. The van der Waals surface area contributed by atoms with E-state index in [9.17, 15) is 4.79 Å². The molecule has 2 nitrogen and oxygen atoms in total. The maximum atomic E-state index is 11.6. The Kier molecular flexibility index (Phi) is 8.31. The van der Waals surface area contributed by atoms with Crippen LogP contribution in [0.25, 0.3) is 0 Å². The molecular formula is C16H24ClNO. The van der Waals surface area contributed by atoms with Crippen molar-refractivity contribution in [2.75, 3.05) is 0 Å². The van der Waals surface area contributed by atoms with Crippen LogP contribution in [0.2, 0.25) is 5.02 Å². The summed E-state index contributed by atoms with van der Waals surface area (Å²) >= 11 is 5.81. The fourth-order valence-electron chi connectivity index (χ4n) is 1.96. The summed E-state index contributed by atoms with van der Waals surface area (Å²) in [4.78, 5) is 11.6. The number of unbranched alkanes of at least 4 members (excludes halogenated alkanes) is 5. The van der Waals surface area contributed by atoms with Gasteiger partial charge in [0.15, 0.2) is 0 Å². The van der Waals surface area contributed by atoms with E-state index in [0.29, 0.717) is 13.0 Å². The van der Waals surface area contributed by atoms with Crippen LogP contribution < -0.4 is 5.32 Å². The van der Waals surface area contributed by atoms with Crippen LogP contribution in [0.15, 0.2) is 24.3 Å². The van der Waals surface area contributed by atoms with Crippen molar-refractivity contribution in [1.82, 2.24) is 5.32 Å². The third kappa shape index (κ3) is 7.89. The molecule has 0 aliphatic carbocycles. The van der Waals surface area contributed by atoms with Crippen LogP contribution in [0.3, 0.4) is 0 Å². The summed E-state index contributed by atoms with van der Waals surface area (Å²) in [6.07, 6.45) is 7.91. The van der Waals surface area contributed by atoms with Crippen molar-refractivity contribution in [3.05, 3.63) is 34.9 Å². The SMILES string of the molecule is CCCCCCCCC(=O)NCc1ccc(Cl)cc1. The highest BCUT2D eigenvalue weighted by molar-refractivity contribution is 6.30. The van der Waals surface area contributed by atoms with Crippen molar-refractivity contribution in [3.8, 4) is 0 Å². The van der Waals surface area contributed by atoms with Gasteiger partial charge in [-0.15, -0.1) is 0 Å². The van der Waals surface area contributed by atoms with E-state index in [4.69, 9.17) is 11.6 Å². The van der Waals surface area contributed by atoms with Gasteiger partial charge in [0, 0.05) is 18.0 Å². The van der Waals surface area contributed by atoms with Gasteiger partial charge in [0.1, 0.15) is 0 Å². The van der Waals surface area contributed by atoms with Gasteiger partial charge in [-0.25, -0.2) is 0 Å². The molecular weight excluding hydrogens is 258 g/mol. The summed E-state index contributed by atoms with van der Waals surface area (Å²) in [7, 11) is 0. The van der Waals surface area contributed by atoms with Crippen LogP contribution in [0.4, 0.5) is 0 Å². The minimum atomic E-state index is 0.144. The average molecular weight is 282 g/mol. The number of nitrogens with one attached hydrogen (secondary N) is 1. The Balaban J connectivity index is 2.06. The Bertz CT molecular complexity index is 362. The standard InChI is InChI=1S/C16H24ClNO/c1-2-3-4-5-6-7-8-16(19)18-13-14-9-11-15(17)12-10-14/h9-12H,2-8,13H2,1H3,(H,18,19). The third-order valence-electron chi connectivity index (χ3n) is 3.16. The van der Waals surface area contributed by atoms with Gasteiger partial charge in [-0.1, -0.05) is 62.8 Å². The topological polar surface area (TPSA) is 29.1 Å². The molecule has 1 rings (SSSR count). The van der Waals surface area contributed by atoms with E-state index >= 15 is 0 Å². The van der Waals surface area contributed by atoms with Crippen molar-refractivity contribution in [2.45, 2.75) is 58.4 Å². The van der Waals surface area contributed by atoms with Crippen LogP contribution in [-0.4, -0.2) is 5.91 Å². The van der Waals surface area contributed by atoms with E-state index in [0.717, 1.165) is 23.4 Å². The van der Waals surface area contributed by atoms with E-state index in [-0.39, 0.29) is 5.91 Å². The number of benzene rings is 1. The van der Waals surface area contributed by atoms with E-state index in [1.54, 1.807) is 0 Å². The summed E-state index contributed by atoms with van der Waals surface area (Å²) in [5.41, 5.74) is 1.08. The molecule has 1 amide bonds. The minimum absolute atomic E-state index is 0.144. The fraction of sp³-hybridized carbons (Fsp3) is 0.562. The monoisotopic (exact) mass is 281 g/mol. The number of amides is 1. The molecule has 0 radical (unpaired) electrons. The van der Waals surface area contributed by atoms with E-state index in [1.807, 2.05) is 24.3 Å². The lowest BCUT2D eigenvalue weighted by molar-refractivity contribution is -0.121. The van der Waals surface area contributed by atoms with Crippen molar-refractivity contribution in [3.63, 3.8) is 0 Å². The van der Waals surface area contributed by atoms with Crippen molar-refractivity contribution < 1.29 is 4.79 Å². The fourth-order valence-corrected chi connectivity index (χ4v) is 2.08. The number of halogens is 1. The van der Waals surface area contributed by atoms with Crippen molar-refractivity contribution in [1.29, 1.82) is 0 Å². The van der Waals surface area contributed by atoms with Crippen LogP contribution in [-0.2, 0) is 11.3 Å². The van der Waals surface area contributed by atoms with Gasteiger partial charge in [-0.05, 0) is 24.1 Å². The molecule has 0 aliphatic heterocycles. The maximum absolute atomic E-state index is 11.6. The number of hydrogen-bond acceptors (Lipinski definition) is 1. The average Bonchev–Trinajstić information content (AvgIpc) is 2.42. The maximum Gasteiger partial charge on any atom is 0.220 e. The lowest BCUT2D eigenvalue weighted by Crippen LogP contribution is -2.22. The molecule has 1 aromatic carbocycles. The lowest BCUT2D eigenvalue weighted by Gasteiger charge is -2.05. The lowest BCUT2D eigenvalue weighted by atomic mass is 10.1. The zero-order chi connectivity index (χ0) is 13.9. The molecule has 106 valence electrons. The predicted molar refractivity (Wildman–Crippen MR) is 81.3 cm³/mol. The second-order valence-electron chi connectivity index (χ2n) is 4.92. The first-order valence-corrected chi connectivity index (χ1v) is 7.61. The van der Waals surface area contributed by atoms with Crippen molar-refractivity contribution >= 4 is 17.5 Å². The minimum Gasteiger partial charge on any atom is -0.352 e. The van der Waals surface area contributed by atoms with Gasteiger partial charge in [0.25, 0.3) is 0 Å². The Hall–Kier alpha value is -1.02.